The van der Waals surface area contributed by atoms with Gasteiger partial charge in [0.15, 0.2) is 0 Å². The standard InChI is InChI=1S/C11H17N3O2/c1-7-6-8(2)13-10(12-7)14-11(3,4)9(15)16-5/h6H,1-5H3,(H,12,13,14). The fourth-order valence-electron chi connectivity index (χ4n) is 1.37. The third kappa shape index (κ3) is 2.92. The van der Waals surface area contributed by atoms with Gasteiger partial charge < -0.3 is 10.1 Å². The first-order valence-corrected chi connectivity index (χ1v) is 5.04. The van der Waals surface area contributed by atoms with Crippen LogP contribution in [0, 0.1) is 13.8 Å². The summed E-state index contributed by atoms with van der Waals surface area (Å²) in [6.07, 6.45) is 0. The average molecular weight is 223 g/mol. The molecule has 1 rings (SSSR count). The maximum absolute atomic E-state index is 11.5. The molecule has 0 amide bonds. The smallest absolute Gasteiger partial charge is 0.330 e. The number of aromatic nitrogens is 2. The van der Waals surface area contributed by atoms with Crippen molar-refractivity contribution in [1.82, 2.24) is 9.97 Å². The van der Waals surface area contributed by atoms with E-state index in [1.165, 1.54) is 7.11 Å². The lowest BCUT2D eigenvalue weighted by Gasteiger charge is -2.23. The van der Waals surface area contributed by atoms with E-state index in [0.717, 1.165) is 11.4 Å². The van der Waals surface area contributed by atoms with E-state index >= 15 is 0 Å². The predicted octanol–water partition coefficient (Wildman–Crippen LogP) is 1.46. The highest BCUT2D eigenvalue weighted by atomic mass is 16.5. The van der Waals surface area contributed by atoms with Gasteiger partial charge in [0.25, 0.3) is 0 Å². The van der Waals surface area contributed by atoms with Gasteiger partial charge in [-0.2, -0.15) is 0 Å². The summed E-state index contributed by atoms with van der Waals surface area (Å²) >= 11 is 0. The summed E-state index contributed by atoms with van der Waals surface area (Å²) in [5, 5.41) is 2.95. The Kier molecular flexibility index (Phi) is 3.47. The summed E-state index contributed by atoms with van der Waals surface area (Å²) in [4.78, 5) is 19.9. The Balaban J connectivity index is 2.91. The van der Waals surface area contributed by atoms with E-state index < -0.39 is 5.54 Å². The number of ether oxygens (including phenoxy) is 1. The van der Waals surface area contributed by atoms with Gasteiger partial charge in [-0.1, -0.05) is 0 Å². The maximum atomic E-state index is 11.5. The SMILES string of the molecule is COC(=O)C(C)(C)Nc1nc(C)cc(C)n1. The number of nitrogens with one attached hydrogen (secondary N) is 1. The molecule has 0 saturated carbocycles. The molecule has 88 valence electrons. The van der Waals surface area contributed by atoms with Crippen molar-refractivity contribution in [2.45, 2.75) is 33.2 Å². The second-order valence-corrected chi connectivity index (χ2v) is 4.22. The van der Waals surface area contributed by atoms with Crippen LogP contribution in [0.15, 0.2) is 6.07 Å². The van der Waals surface area contributed by atoms with E-state index in [4.69, 9.17) is 4.74 Å². The molecule has 0 spiro atoms. The Hall–Kier alpha value is -1.65. The van der Waals surface area contributed by atoms with E-state index in [1.807, 2.05) is 19.9 Å². The van der Waals surface area contributed by atoms with E-state index in [-0.39, 0.29) is 5.97 Å². The van der Waals surface area contributed by atoms with Crippen LogP contribution in [-0.2, 0) is 9.53 Å². The van der Waals surface area contributed by atoms with Crippen LogP contribution in [0.25, 0.3) is 0 Å². The van der Waals surface area contributed by atoms with Crippen molar-refractivity contribution in [2.24, 2.45) is 0 Å². The van der Waals surface area contributed by atoms with Crippen molar-refractivity contribution >= 4 is 11.9 Å². The van der Waals surface area contributed by atoms with Gasteiger partial charge in [0.2, 0.25) is 5.95 Å². The molecule has 0 atom stereocenters. The number of esters is 1. The Morgan fingerprint density at radius 1 is 1.31 bits per heavy atom. The summed E-state index contributed by atoms with van der Waals surface area (Å²) in [7, 11) is 1.36. The van der Waals surface area contributed by atoms with Gasteiger partial charge in [-0.25, -0.2) is 14.8 Å². The van der Waals surface area contributed by atoms with Gasteiger partial charge in [-0.05, 0) is 33.8 Å². The largest absolute Gasteiger partial charge is 0.467 e. The van der Waals surface area contributed by atoms with Gasteiger partial charge in [0.05, 0.1) is 7.11 Å². The summed E-state index contributed by atoms with van der Waals surface area (Å²) in [6.45, 7) is 7.20. The Morgan fingerprint density at radius 3 is 2.25 bits per heavy atom. The van der Waals surface area contributed by atoms with Crippen LogP contribution >= 0.6 is 0 Å². The highest BCUT2D eigenvalue weighted by Gasteiger charge is 2.29. The van der Waals surface area contributed by atoms with E-state index in [9.17, 15) is 4.79 Å². The van der Waals surface area contributed by atoms with Gasteiger partial charge >= 0.3 is 5.97 Å². The third-order valence-electron chi connectivity index (χ3n) is 2.10. The molecule has 0 saturated heterocycles. The first-order chi connectivity index (χ1) is 7.35. The molecule has 0 aliphatic carbocycles. The van der Waals surface area contributed by atoms with Gasteiger partial charge in [-0.3, -0.25) is 0 Å². The minimum absolute atomic E-state index is 0.352. The highest BCUT2D eigenvalue weighted by molar-refractivity contribution is 5.82. The van der Waals surface area contributed by atoms with E-state index in [0.29, 0.717) is 5.95 Å². The van der Waals surface area contributed by atoms with Crippen LogP contribution in [0.5, 0.6) is 0 Å². The molecule has 0 bridgehead atoms. The molecular weight excluding hydrogens is 206 g/mol. The fraction of sp³-hybridized carbons (Fsp3) is 0.545. The van der Waals surface area contributed by atoms with Crippen molar-refractivity contribution in [3.05, 3.63) is 17.5 Å². The monoisotopic (exact) mass is 223 g/mol. The van der Waals surface area contributed by atoms with Crippen molar-refractivity contribution in [3.63, 3.8) is 0 Å². The minimum Gasteiger partial charge on any atom is -0.467 e. The van der Waals surface area contributed by atoms with Gasteiger partial charge in [-0.15, -0.1) is 0 Å². The highest BCUT2D eigenvalue weighted by Crippen LogP contribution is 2.13. The van der Waals surface area contributed by atoms with Crippen LogP contribution in [-0.4, -0.2) is 28.6 Å². The normalized spacial score (nSPS) is 11.1. The number of anilines is 1. The lowest BCUT2D eigenvalue weighted by molar-refractivity contribution is -0.144. The Bertz CT molecular complexity index is 382. The summed E-state index contributed by atoms with van der Waals surface area (Å²) in [5.41, 5.74) is 0.876. The number of nitrogens with zero attached hydrogens (tertiary/aromatic N) is 2. The summed E-state index contributed by atoms with van der Waals surface area (Å²) < 4.78 is 4.69. The Morgan fingerprint density at radius 2 is 1.81 bits per heavy atom. The molecule has 16 heavy (non-hydrogen) atoms. The van der Waals surface area contributed by atoms with Crippen LogP contribution in [0.2, 0.25) is 0 Å². The third-order valence-corrected chi connectivity index (χ3v) is 2.10. The fourth-order valence-corrected chi connectivity index (χ4v) is 1.37. The second-order valence-electron chi connectivity index (χ2n) is 4.22. The maximum Gasteiger partial charge on any atom is 0.330 e. The van der Waals surface area contributed by atoms with Crippen LogP contribution < -0.4 is 5.32 Å². The molecular formula is C11H17N3O2. The summed E-state index contributed by atoms with van der Waals surface area (Å²) in [6, 6.07) is 1.87. The van der Waals surface area contributed by atoms with Crippen molar-refractivity contribution in [1.29, 1.82) is 0 Å². The molecule has 1 aromatic heterocycles. The zero-order valence-electron chi connectivity index (χ0n) is 10.3. The summed E-state index contributed by atoms with van der Waals surface area (Å²) in [5.74, 6) is 0.0863. The lowest BCUT2D eigenvalue weighted by atomic mass is 10.1. The van der Waals surface area contributed by atoms with Crippen molar-refractivity contribution in [3.8, 4) is 0 Å². The van der Waals surface area contributed by atoms with Crippen LogP contribution in [0.3, 0.4) is 0 Å². The molecule has 0 aliphatic heterocycles. The number of rotatable bonds is 3. The molecule has 1 heterocycles. The molecule has 1 aromatic rings. The average Bonchev–Trinajstić information content (AvgIpc) is 2.13. The zero-order chi connectivity index (χ0) is 12.3. The number of hydrogen-bond donors (Lipinski definition) is 1. The molecule has 5 heteroatoms. The quantitative estimate of drug-likeness (QED) is 0.786. The molecule has 0 radical (unpaired) electrons. The number of methoxy groups -OCH3 is 1. The number of carbonyl (C=O) groups excluding carboxylic acids is 1. The van der Waals surface area contributed by atoms with E-state index in [2.05, 4.69) is 15.3 Å². The zero-order valence-corrected chi connectivity index (χ0v) is 10.3. The number of aryl methyl sites for hydroxylation is 2. The Labute approximate surface area is 95.3 Å². The molecule has 0 unspecified atom stereocenters. The minimum atomic E-state index is -0.838. The van der Waals surface area contributed by atoms with Gasteiger partial charge in [0, 0.05) is 11.4 Å². The predicted molar refractivity (Wildman–Crippen MR) is 61.2 cm³/mol. The number of hydrogen-bond acceptors (Lipinski definition) is 5. The van der Waals surface area contributed by atoms with Crippen LogP contribution in [0.4, 0.5) is 5.95 Å². The second kappa shape index (κ2) is 4.47. The molecule has 0 fully saturated rings. The molecule has 1 N–H and O–H groups in total. The lowest BCUT2D eigenvalue weighted by Crippen LogP contribution is -2.41. The van der Waals surface area contributed by atoms with Crippen molar-refractivity contribution in [2.75, 3.05) is 12.4 Å². The molecule has 5 nitrogen and oxygen atoms in total. The molecule has 0 aromatic carbocycles. The number of carbonyl (C=O) groups is 1. The van der Waals surface area contributed by atoms with Crippen LogP contribution in [0.1, 0.15) is 25.2 Å². The first kappa shape index (κ1) is 12.4. The van der Waals surface area contributed by atoms with Gasteiger partial charge in [0.1, 0.15) is 5.54 Å². The topological polar surface area (TPSA) is 64.1 Å². The first-order valence-electron chi connectivity index (χ1n) is 5.04. The van der Waals surface area contributed by atoms with E-state index in [1.54, 1.807) is 13.8 Å². The van der Waals surface area contributed by atoms with Crippen molar-refractivity contribution < 1.29 is 9.53 Å². The molecule has 0 aliphatic rings.